The first-order valence-corrected chi connectivity index (χ1v) is 4.03. The second-order valence-corrected chi connectivity index (χ2v) is 4.47. The molecule has 0 aliphatic carbocycles. The molecule has 0 saturated heterocycles. The van der Waals surface area contributed by atoms with E-state index < -0.39 is 5.97 Å². The van der Waals surface area contributed by atoms with E-state index in [1.54, 1.807) is 0 Å². The second-order valence-electron chi connectivity index (χ2n) is 4.47. The van der Waals surface area contributed by atoms with Gasteiger partial charge in [-0.25, -0.2) is 0 Å². The summed E-state index contributed by atoms with van der Waals surface area (Å²) in [5.74, 6) is -0.408. The molecule has 0 spiro atoms. The maximum Gasteiger partial charge on any atom is 0.303 e. The molecule has 1 unspecified atom stereocenters. The zero-order valence-corrected chi connectivity index (χ0v) is 9.09. The quantitative estimate of drug-likeness (QED) is 0.744. The summed E-state index contributed by atoms with van der Waals surface area (Å²) in [7, 11) is 0. The molecule has 0 aromatic carbocycles. The minimum absolute atomic E-state index is 0. The van der Waals surface area contributed by atoms with Crippen LogP contribution in [0.5, 0.6) is 0 Å². The monoisotopic (exact) mass is 221 g/mol. The predicted octanol–water partition coefficient (Wildman–Crippen LogP) is 2.53. The van der Waals surface area contributed by atoms with Gasteiger partial charge in [0.1, 0.15) is 0 Å². The molecule has 1 N–H and O–H groups in total. The Labute approximate surface area is 85.2 Å². The average molecular weight is 222 g/mol. The number of carboxylic acids is 1. The summed E-state index contributed by atoms with van der Waals surface area (Å²) in [6.45, 7) is 8.38. The molecule has 0 aliphatic heterocycles. The zero-order chi connectivity index (χ0) is 9.07. The van der Waals surface area contributed by atoms with Crippen molar-refractivity contribution in [1.29, 1.82) is 0 Å². The number of carboxylic acid groups (broad SMARTS) is 1. The number of hydrogen-bond donors (Lipinski definition) is 1. The predicted molar refractivity (Wildman–Crippen MR) is 45.5 cm³/mol. The van der Waals surface area contributed by atoms with Crippen LogP contribution >= 0.6 is 0 Å². The summed E-state index contributed by atoms with van der Waals surface area (Å²) >= 11 is 0. The molecule has 0 amide bonds. The summed E-state index contributed by atoms with van der Waals surface area (Å²) in [5, 5.41) is 8.48. The van der Waals surface area contributed by atoms with E-state index in [-0.39, 0.29) is 34.8 Å². The molecule has 12 heavy (non-hydrogen) atoms. The molecular formula is C9H18CuO2. The third-order valence-electron chi connectivity index (χ3n) is 1.48. The molecule has 0 heterocycles. The minimum atomic E-state index is -0.693. The summed E-state index contributed by atoms with van der Waals surface area (Å²) in [5.41, 5.74) is 0.245. The Bertz CT molecular complexity index is 138. The van der Waals surface area contributed by atoms with E-state index in [1.807, 2.05) is 6.92 Å². The van der Waals surface area contributed by atoms with Crippen LogP contribution in [0.15, 0.2) is 0 Å². The van der Waals surface area contributed by atoms with Gasteiger partial charge in [0.2, 0.25) is 0 Å². The third kappa shape index (κ3) is 9.99. The van der Waals surface area contributed by atoms with Crippen LogP contribution in [-0.2, 0) is 21.9 Å². The zero-order valence-electron chi connectivity index (χ0n) is 8.15. The molecule has 2 nitrogen and oxygen atoms in total. The molecule has 0 fully saturated rings. The Morgan fingerprint density at radius 3 is 2.08 bits per heavy atom. The first kappa shape index (κ1) is 14.5. The fraction of sp³-hybridized carbons (Fsp3) is 0.889. The van der Waals surface area contributed by atoms with Crippen molar-refractivity contribution < 1.29 is 27.0 Å². The molecule has 0 aromatic rings. The van der Waals surface area contributed by atoms with E-state index in [4.69, 9.17) is 5.11 Å². The van der Waals surface area contributed by atoms with Crippen molar-refractivity contribution in [3.8, 4) is 0 Å². The van der Waals surface area contributed by atoms with Crippen LogP contribution in [0.25, 0.3) is 0 Å². The van der Waals surface area contributed by atoms with Crippen LogP contribution in [0.3, 0.4) is 0 Å². The van der Waals surface area contributed by atoms with Crippen molar-refractivity contribution >= 4 is 5.97 Å². The van der Waals surface area contributed by atoms with Gasteiger partial charge >= 0.3 is 5.97 Å². The van der Waals surface area contributed by atoms with Crippen molar-refractivity contribution in [3.05, 3.63) is 0 Å². The average Bonchev–Trinajstić information content (AvgIpc) is 1.53. The van der Waals surface area contributed by atoms with Gasteiger partial charge in [-0.1, -0.05) is 27.7 Å². The summed E-state index contributed by atoms with van der Waals surface area (Å²) in [4.78, 5) is 10.3. The maximum atomic E-state index is 10.3. The van der Waals surface area contributed by atoms with Gasteiger partial charge in [0.15, 0.2) is 0 Å². The van der Waals surface area contributed by atoms with E-state index in [9.17, 15) is 4.79 Å². The third-order valence-corrected chi connectivity index (χ3v) is 1.48. The van der Waals surface area contributed by atoms with Gasteiger partial charge in [0, 0.05) is 23.5 Å². The van der Waals surface area contributed by atoms with Crippen molar-refractivity contribution in [2.75, 3.05) is 0 Å². The summed E-state index contributed by atoms with van der Waals surface area (Å²) in [6.07, 6.45) is 1.26. The van der Waals surface area contributed by atoms with Crippen molar-refractivity contribution in [1.82, 2.24) is 0 Å². The molecule has 0 saturated carbocycles. The topological polar surface area (TPSA) is 37.3 Å². The number of hydrogen-bond acceptors (Lipinski definition) is 1. The molecule has 0 aliphatic rings. The Kier molecular flexibility index (Phi) is 6.78. The van der Waals surface area contributed by atoms with E-state index in [0.29, 0.717) is 0 Å². The standard InChI is InChI=1S/C9H18O2.Cu/c1-7(5-8(10)11)6-9(2,3)4;/h7H,5-6H2,1-4H3,(H,10,11);. The van der Waals surface area contributed by atoms with Gasteiger partial charge in [0.05, 0.1) is 0 Å². The molecule has 1 atom stereocenters. The number of carbonyl (C=O) groups is 1. The fourth-order valence-corrected chi connectivity index (χ4v) is 1.42. The molecule has 0 bridgehead atoms. The second kappa shape index (κ2) is 5.60. The summed E-state index contributed by atoms with van der Waals surface area (Å²) < 4.78 is 0. The Morgan fingerprint density at radius 2 is 1.83 bits per heavy atom. The largest absolute Gasteiger partial charge is 0.481 e. The maximum absolute atomic E-state index is 10.3. The normalized spacial score (nSPS) is 13.3. The SMILES string of the molecule is CC(CC(=O)O)CC(C)(C)C.[Cu]. The van der Waals surface area contributed by atoms with Gasteiger partial charge in [0.25, 0.3) is 0 Å². The number of aliphatic carboxylic acids is 1. The Morgan fingerprint density at radius 1 is 1.42 bits per heavy atom. The van der Waals surface area contributed by atoms with Crippen molar-refractivity contribution in [3.63, 3.8) is 0 Å². The first-order chi connectivity index (χ1) is 4.81. The van der Waals surface area contributed by atoms with Gasteiger partial charge in [-0.05, 0) is 17.8 Å². The smallest absolute Gasteiger partial charge is 0.303 e. The molecule has 0 aromatic heterocycles. The fourth-order valence-electron chi connectivity index (χ4n) is 1.42. The molecule has 1 radical (unpaired) electrons. The summed E-state index contributed by atoms with van der Waals surface area (Å²) in [6, 6.07) is 0. The Balaban J connectivity index is 0. The van der Waals surface area contributed by atoms with Crippen molar-refractivity contribution in [2.45, 2.75) is 40.5 Å². The molecule has 77 valence electrons. The molecular weight excluding hydrogens is 204 g/mol. The Hall–Kier alpha value is -0.0105. The van der Waals surface area contributed by atoms with E-state index in [0.717, 1.165) is 6.42 Å². The van der Waals surface area contributed by atoms with Crippen LogP contribution in [0.4, 0.5) is 0 Å². The molecule has 0 rings (SSSR count). The van der Waals surface area contributed by atoms with Crippen LogP contribution in [0, 0.1) is 11.3 Å². The van der Waals surface area contributed by atoms with Crippen LogP contribution in [-0.4, -0.2) is 11.1 Å². The number of rotatable bonds is 3. The van der Waals surface area contributed by atoms with Crippen molar-refractivity contribution in [2.24, 2.45) is 11.3 Å². The van der Waals surface area contributed by atoms with E-state index in [2.05, 4.69) is 20.8 Å². The van der Waals surface area contributed by atoms with Gasteiger partial charge in [-0.2, -0.15) is 0 Å². The van der Waals surface area contributed by atoms with Crippen LogP contribution in [0.2, 0.25) is 0 Å². The van der Waals surface area contributed by atoms with Crippen LogP contribution < -0.4 is 0 Å². The van der Waals surface area contributed by atoms with Gasteiger partial charge in [-0.15, -0.1) is 0 Å². The van der Waals surface area contributed by atoms with E-state index in [1.165, 1.54) is 0 Å². The van der Waals surface area contributed by atoms with Crippen LogP contribution in [0.1, 0.15) is 40.5 Å². The first-order valence-electron chi connectivity index (χ1n) is 4.03. The minimum Gasteiger partial charge on any atom is -0.481 e. The molecule has 3 heteroatoms. The van der Waals surface area contributed by atoms with E-state index >= 15 is 0 Å². The van der Waals surface area contributed by atoms with Gasteiger partial charge < -0.3 is 5.11 Å². The van der Waals surface area contributed by atoms with Gasteiger partial charge in [-0.3, -0.25) is 4.79 Å².